The molecule has 0 bridgehead atoms. The van der Waals surface area contributed by atoms with Crippen LogP contribution in [0.15, 0.2) is 0 Å². The summed E-state index contributed by atoms with van der Waals surface area (Å²) in [5.41, 5.74) is 0.313. The van der Waals surface area contributed by atoms with Gasteiger partial charge < -0.3 is 37.9 Å². The molecule has 0 unspecified atom stereocenters. The number of nitrogens with zero attached hydrogens (tertiary/aromatic N) is 1. The molecule has 0 aromatic carbocycles. The van der Waals surface area contributed by atoms with Gasteiger partial charge in [-0.1, -0.05) is 27.7 Å². The molecule has 0 amide bonds. The molecule has 0 aromatic heterocycles. The van der Waals surface area contributed by atoms with E-state index in [4.69, 9.17) is 37.9 Å². The van der Waals surface area contributed by atoms with Crippen LogP contribution in [0.1, 0.15) is 48.0 Å². The van der Waals surface area contributed by atoms with Gasteiger partial charge in [0.05, 0.1) is 98.6 Å². The van der Waals surface area contributed by atoms with E-state index in [1.54, 1.807) is 0 Å². The summed E-state index contributed by atoms with van der Waals surface area (Å²) in [6.45, 7) is 24.8. The summed E-state index contributed by atoms with van der Waals surface area (Å²) < 4.78 is 44.3. The summed E-state index contributed by atoms with van der Waals surface area (Å²) in [7, 11) is 0. The van der Waals surface area contributed by atoms with Gasteiger partial charge in [0.1, 0.15) is 0 Å². The van der Waals surface area contributed by atoms with E-state index in [0.717, 1.165) is 39.3 Å². The van der Waals surface area contributed by atoms with Crippen molar-refractivity contribution < 1.29 is 37.9 Å². The average molecular weight is 524 g/mol. The van der Waals surface area contributed by atoms with Gasteiger partial charge in [0, 0.05) is 19.7 Å². The third-order valence-electron chi connectivity index (χ3n) is 5.09. The summed E-state index contributed by atoms with van der Waals surface area (Å²) in [5.74, 6) is 0. The highest BCUT2D eigenvalue weighted by atomic mass is 16.6. The fourth-order valence-corrected chi connectivity index (χ4v) is 2.84. The Morgan fingerprint density at radius 2 is 0.833 bits per heavy atom. The molecule has 9 heteroatoms. The Hall–Kier alpha value is -0.360. The zero-order valence-corrected chi connectivity index (χ0v) is 24.2. The van der Waals surface area contributed by atoms with Gasteiger partial charge in [0.15, 0.2) is 0 Å². The highest BCUT2D eigenvalue weighted by Gasteiger charge is 2.09. The first-order valence-electron chi connectivity index (χ1n) is 13.7. The van der Waals surface area contributed by atoms with E-state index < -0.39 is 0 Å². The van der Waals surface area contributed by atoms with Gasteiger partial charge in [-0.15, -0.1) is 0 Å². The second-order valence-electron chi connectivity index (χ2n) is 9.95. The lowest BCUT2D eigenvalue weighted by atomic mass is 9.93. The van der Waals surface area contributed by atoms with Crippen LogP contribution in [0.2, 0.25) is 0 Å². The molecule has 0 aliphatic carbocycles. The Balaban J connectivity index is 3.17. The molecule has 218 valence electrons. The first-order chi connectivity index (χ1) is 17.3. The lowest BCUT2D eigenvalue weighted by Gasteiger charge is -2.20. The minimum atomic E-state index is 0.281. The van der Waals surface area contributed by atoms with Crippen molar-refractivity contribution in [2.24, 2.45) is 5.41 Å². The molecule has 0 radical (unpaired) electrons. The lowest BCUT2D eigenvalue weighted by molar-refractivity contribution is -0.0217. The largest absolute Gasteiger partial charge is 0.379 e. The molecule has 0 heterocycles. The van der Waals surface area contributed by atoms with Gasteiger partial charge in [-0.25, -0.2) is 0 Å². The Labute approximate surface area is 221 Å². The van der Waals surface area contributed by atoms with Crippen molar-refractivity contribution in [1.29, 1.82) is 0 Å². The molecular weight excluding hydrogens is 466 g/mol. The van der Waals surface area contributed by atoms with Gasteiger partial charge in [-0.3, -0.25) is 4.90 Å². The third kappa shape index (κ3) is 29.9. The SMILES string of the molecule is CCN(CCOCCOCCOCCOCCOCCOCCOCCC(C)(C)C)CCOC(C)C. The maximum absolute atomic E-state index is 5.64. The minimum Gasteiger partial charge on any atom is -0.379 e. The molecular formula is C27H57NO8. The molecule has 0 saturated heterocycles. The molecule has 0 saturated carbocycles. The van der Waals surface area contributed by atoms with Crippen molar-refractivity contribution in [2.75, 3.05) is 119 Å². The van der Waals surface area contributed by atoms with Gasteiger partial charge in [0.25, 0.3) is 0 Å². The fourth-order valence-electron chi connectivity index (χ4n) is 2.84. The molecule has 9 nitrogen and oxygen atoms in total. The second-order valence-corrected chi connectivity index (χ2v) is 9.95. The summed E-state index contributed by atoms with van der Waals surface area (Å²) in [4.78, 5) is 2.33. The van der Waals surface area contributed by atoms with E-state index in [9.17, 15) is 0 Å². The highest BCUT2D eigenvalue weighted by molar-refractivity contribution is 4.59. The van der Waals surface area contributed by atoms with Gasteiger partial charge >= 0.3 is 0 Å². The molecule has 0 rings (SSSR count). The second kappa shape index (κ2) is 26.3. The van der Waals surface area contributed by atoms with Crippen molar-refractivity contribution in [1.82, 2.24) is 4.90 Å². The first kappa shape index (κ1) is 35.6. The smallest absolute Gasteiger partial charge is 0.0701 e. The third-order valence-corrected chi connectivity index (χ3v) is 5.09. The molecule has 0 fully saturated rings. The highest BCUT2D eigenvalue weighted by Crippen LogP contribution is 2.17. The monoisotopic (exact) mass is 523 g/mol. The van der Waals surface area contributed by atoms with Crippen LogP contribution in [-0.4, -0.2) is 130 Å². The van der Waals surface area contributed by atoms with Crippen LogP contribution >= 0.6 is 0 Å². The van der Waals surface area contributed by atoms with Crippen molar-refractivity contribution in [3.05, 3.63) is 0 Å². The maximum Gasteiger partial charge on any atom is 0.0701 e. The number of rotatable bonds is 28. The quantitative estimate of drug-likeness (QED) is 0.144. The zero-order chi connectivity index (χ0) is 26.7. The Morgan fingerprint density at radius 1 is 0.500 bits per heavy atom. The standard InChI is InChI=1S/C27H57NO8/c1-7-28(10-13-36-26(2)3)9-12-30-15-17-32-19-21-34-23-25-35-24-22-33-20-18-31-16-14-29-11-8-27(4,5)6/h26H,7-25H2,1-6H3. The Bertz CT molecular complexity index is 434. The molecule has 0 N–H and O–H groups in total. The van der Waals surface area contributed by atoms with Gasteiger partial charge in [-0.2, -0.15) is 0 Å². The molecule has 0 aliphatic rings. The minimum absolute atomic E-state index is 0.281. The Morgan fingerprint density at radius 3 is 1.17 bits per heavy atom. The van der Waals surface area contributed by atoms with Gasteiger partial charge in [-0.05, 0) is 32.2 Å². The van der Waals surface area contributed by atoms with Crippen LogP contribution in [0.25, 0.3) is 0 Å². The summed E-state index contributed by atoms with van der Waals surface area (Å²) in [6, 6.07) is 0. The average Bonchev–Trinajstić information content (AvgIpc) is 2.82. The maximum atomic E-state index is 5.64. The fraction of sp³-hybridized carbons (Fsp3) is 1.00. The molecule has 0 aliphatic heterocycles. The molecule has 36 heavy (non-hydrogen) atoms. The Kier molecular flexibility index (Phi) is 26.0. The van der Waals surface area contributed by atoms with Crippen LogP contribution in [0.5, 0.6) is 0 Å². The van der Waals surface area contributed by atoms with Crippen molar-refractivity contribution in [3.63, 3.8) is 0 Å². The van der Waals surface area contributed by atoms with E-state index in [-0.39, 0.29) is 6.10 Å². The van der Waals surface area contributed by atoms with Crippen LogP contribution in [0.3, 0.4) is 0 Å². The summed E-state index contributed by atoms with van der Waals surface area (Å²) >= 11 is 0. The van der Waals surface area contributed by atoms with E-state index in [1.807, 2.05) is 0 Å². The number of hydrogen-bond acceptors (Lipinski definition) is 9. The first-order valence-corrected chi connectivity index (χ1v) is 13.7. The zero-order valence-electron chi connectivity index (χ0n) is 24.2. The van der Waals surface area contributed by atoms with Crippen LogP contribution in [0, 0.1) is 5.41 Å². The lowest BCUT2D eigenvalue weighted by Crippen LogP contribution is -2.31. The van der Waals surface area contributed by atoms with Crippen molar-refractivity contribution in [2.45, 2.75) is 54.1 Å². The van der Waals surface area contributed by atoms with Crippen molar-refractivity contribution in [3.8, 4) is 0 Å². The van der Waals surface area contributed by atoms with E-state index in [0.29, 0.717) is 91.3 Å². The number of likely N-dealkylation sites (N-methyl/N-ethyl adjacent to an activating group) is 1. The van der Waals surface area contributed by atoms with Crippen LogP contribution in [-0.2, 0) is 37.9 Å². The molecule has 0 spiro atoms. The van der Waals surface area contributed by atoms with E-state index >= 15 is 0 Å². The normalized spacial score (nSPS) is 12.3. The number of ether oxygens (including phenoxy) is 8. The summed E-state index contributed by atoms with van der Waals surface area (Å²) in [5, 5.41) is 0. The van der Waals surface area contributed by atoms with Crippen LogP contribution in [0.4, 0.5) is 0 Å². The molecule has 0 atom stereocenters. The number of hydrogen-bond donors (Lipinski definition) is 0. The molecule has 0 aromatic rings. The van der Waals surface area contributed by atoms with Gasteiger partial charge in [0.2, 0.25) is 0 Å². The summed E-state index contributed by atoms with van der Waals surface area (Å²) in [6.07, 6.45) is 1.34. The predicted octanol–water partition coefficient (Wildman–Crippen LogP) is 3.29. The topological polar surface area (TPSA) is 77.1 Å². The predicted molar refractivity (Wildman–Crippen MR) is 143 cm³/mol. The van der Waals surface area contributed by atoms with Crippen LogP contribution < -0.4 is 0 Å². The van der Waals surface area contributed by atoms with Crippen molar-refractivity contribution >= 4 is 0 Å². The van der Waals surface area contributed by atoms with E-state index in [2.05, 4.69) is 46.4 Å². The van der Waals surface area contributed by atoms with E-state index in [1.165, 1.54) is 0 Å².